The van der Waals surface area contributed by atoms with Crippen LogP contribution in [0.4, 0.5) is 0 Å². The SMILES string of the molecule is C1=C([Si]C2=Cc3c(cccc3-c3ccccc3)C2)Cc2cccc(-c3ccccc3)c21. The Morgan fingerprint density at radius 1 is 0.452 bits per heavy atom. The molecule has 0 fully saturated rings. The number of hydrogen-bond donors (Lipinski definition) is 0. The minimum absolute atomic E-state index is 0.762. The zero-order chi connectivity index (χ0) is 20.6. The predicted molar refractivity (Wildman–Crippen MR) is 133 cm³/mol. The molecule has 1 heteroatoms. The second-order valence-electron chi connectivity index (χ2n) is 8.31. The zero-order valence-corrected chi connectivity index (χ0v) is 18.3. The molecule has 0 saturated heterocycles. The molecule has 0 amide bonds. The average Bonchev–Trinajstić information content (AvgIpc) is 3.43. The van der Waals surface area contributed by atoms with E-state index in [-0.39, 0.29) is 0 Å². The van der Waals surface area contributed by atoms with Gasteiger partial charge < -0.3 is 0 Å². The van der Waals surface area contributed by atoms with E-state index in [9.17, 15) is 0 Å². The van der Waals surface area contributed by atoms with Crippen LogP contribution in [0.3, 0.4) is 0 Å². The maximum Gasteiger partial charge on any atom is 0.111 e. The summed E-state index contributed by atoms with van der Waals surface area (Å²) in [5, 5.41) is 3.11. The van der Waals surface area contributed by atoms with Crippen LogP contribution < -0.4 is 0 Å². The molecule has 31 heavy (non-hydrogen) atoms. The summed E-state index contributed by atoms with van der Waals surface area (Å²) in [6.45, 7) is 0. The highest BCUT2D eigenvalue weighted by Crippen LogP contribution is 2.37. The highest BCUT2D eigenvalue weighted by Gasteiger charge is 2.21. The first-order chi connectivity index (χ1) is 15.3. The fourth-order valence-corrected chi connectivity index (χ4v) is 6.24. The van der Waals surface area contributed by atoms with Crippen LogP contribution in [0, 0.1) is 0 Å². The normalized spacial score (nSPS) is 14.1. The molecule has 0 N–H and O–H groups in total. The van der Waals surface area contributed by atoms with Crippen molar-refractivity contribution in [3.05, 3.63) is 130 Å². The van der Waals surface area contributed by atoms with Crippen LogP contribution in [-0.2, 0) is 12.8 Å². The van der Waals surface area contributed by atoms with Crippen molar-refractivity contribution in [2.45, 2.75) is 12.8 Å². The maximum atomic E-state index is 2.46. The Labute approximate surface area is 186 Å². The van der Waals surface area contributed by atoms with Crippen LogP contribution in [0.15, 0.2) is 107 Å². The molecule has 2 radical (unpaired) electrons. The second-order valence-corrected chi connectivity index (χ2v) is 9.84. The lowest BCUT2D eigenvalue weighted by Crippen LogP contribution is -2.01. The Morgan fingerprint density at radius 3 is 1.35 bits per heavy atom. The monoisotopic (exact) mass is 410 g/mol. The summed E-state index contributed by atoms with van der Waals surface area (Å²) in [7, 11) is 0.762. The highest BCUT2D eigenvalue weighted by atomic mass is 28.2. The summed E-state index contributed by atoms with van der Waals surface area (Å²) in [5.41, 5.74) is 11.1. The van der Waals surface area contributed by atoms with Crippen LogP contribution in [0.25, 0.3) is 34.4 Å². The van der Waals surface area contributed by atoms with Crippen LogP contribution >= 0.6 is 0 Å². The van der Waals surface area contributed by atoms with Crippen molar-refractivity contribution in [3.8, 4) is 22.3 Å². The van der Waals surface area contributed by atoms with Gasteiger partial charge in [0.1, 0.15) is 9.52 Å². The molecule has 0 bridgehead atoms. The van der Waals surface area contributed by atoms with Gasteiger partial charge in [-0.25, -0.2) is 0 Å². The van der Waals surface area contributed by atoms with E-state index < -0.39 is 0 Å². The summed E-state index contributed by atoms with van der Waals surface area (Å²) >= 11 is 0. The first-order valence-electron chi connectivity index (χ1n) is 10.9. The largest absolute Gasteiger partial charge is 0.111 e. The summed E-state index contributed by atoms with van der Waals surface area (Å²) in [5.74, 6) is 0. The van der Waals surface area contributed by atoms with Crippen molar-refractivity contribution in [1.82, 2.24) is 0 Å². The molecule has 0 unspecified atom stereocenters. The Kier molecular flexibility index (Phi) is 4.55. The predicted octanol–water partition coefficient (Wildman–Crippen LogP) is 7.22. The van der Waals surface area contributed by atoms with Crippen molar-refractivity contribution in [1.29, 1.82) is 0 Å². The lowest BCUT2D eigenvalue weighted by atomic mass is 9.97. The van der Waals surface area contributed by atoms with E-state index in [0.29, 0.717) is 0 Å². The molecule has 0 heterocycles. The zero-order valence-electron chi connectivity index (χ0n) is 17.3. The third kappa shape index (κ3) is 3.41. The van der Waals surface area contributed by atoms with Gasteiger partial charge in [0.15, 0.2) is 0 Å². The molecule has 2 aliphatic rings. The van der Waals surface area contributed by atoms with Gasteiger partial charge in [-0.3, -0.25) is 0 Å². The Hall–Kier alpha value is -3.42. The first kappa shape index (κ1) is 18.4. The van der Waals surface area contributed by atoms with Gasteiger partial charge in [-0.05, 0) is 57.3 Å². The van der Waals surface area contributed by atoms with Crippen molar-refractivity contribution < 1.29 is 0 Å². The van der Waals surface area contributed by atoms with Gasteiger partial charge in [0, 0.05) is 0 Å². The van der Waals surface area contributed by atoms with E-state index in [0.717, 1.165) is 22.4 Å². The Bertz CT molecular complexity index is 1220. The molecule has 0 aromatic heterocycles. The number of allylic oxidation sites excluding steroid dienone is 2. The molecular formula is C30H22Si. The minimum atomic E-state index is 0.762. The molecule has 0 saturated carbocycles. The standard InChI is InChI=1S/C30H22Si/c1-3-9-21(10-4-1)27-15-7-13-23-17-25(19-29(23)27)31-26-18-24-14-8-16-28(30(24)20-26)22-11-5-2-6-12-22/h1-16,19-20H,17-18H2. The summed E-state index contributed by atoms with van der Waals surface area (Å²) in [6, 6.07) is 35.0. The molecule has 4 aromatic carbocycles. The van der Waals surface area contributed by atoms with Gasteiger partial charge in [0.2, 0.25) is 0 Å². The van der Waals surface area contributed by atoms with Gasteiger partial charge in [-0.2, -0.15) is 0 Å². The van der Waals surface area contributed by atoms with Gasteiger partial charge in [0.05, 0.1) is 0 Å². The third-order valence-corrected chi connectivity index (χ3v) is 7.57. The molecule has 4 aromatic rings. The average molecular weight is 411 g/mol. The number of hydrogen-bond acceptors (Lipinski definition) is 0. The van der Waals surface area contributed by atoms with E-state index in [1.54, 1.807) is 10.4 Å². The van der Waals surface area contributed by atoms with Crippen molar-refractivity contribution >= 4 is 21.7 Å². The molecule has 0 nitrogen and oxygen atoms in total. The summed E-state index contributed by atoms with van der Waals surface area (Å²) in [6.07, 6.45) is 7.07. The first-order valence-corrected chi connectivity index (χ1v) is 11.9. The molecule has 0 aliphatic heterocycles. The Balaban J connectivity index is 1.30. The van der Waals surface area contributed by atoms with Crippen LogP contribution in [0.1, 0.15) is 22.3 Å². The van der Waals surface area contributed by atoms with Crippen molar-refractivity contribution in [2.75, 3.05) is 0 Å². The minimum Gasteiger partial charge on any atom is -0.0748 e. The quantitative estimate of drug-likeness (QED) is 0.312. The summed E-state index contributed by atoms with van der Waals surface area (Å²) < 4.78 is 0. The number of rotatable bonds is 4. The van der Waals surface area contributed by atoms with E-state index in [1.165, 1.54) is 44.5 Å². The second kappa shape index (κ2) is 7.68. The molecule has 0 atom stereocenters. The fourth-order valence-electron chi connectivity index (χ4n) is 4.84. The summed E-state index contributed by atoms with van der Waals surface area (Å²) in [4.78, 5) is 0. The topological polar surface area (TPSA) is 0 Å². The van der Waals surface area contributed by atoms with Crippen molar-refractivity contribution in [2.24, 2.45) is 0 Å². The highest BCUT2D eigenvalue weighted by molar-refractivity contribution is 6.56. The molecule has 2 aliphatic carbocycles. The lowest BCUT2D eigenvalue weighted by Gasteiger charge is -2.07. The van der Waals surface area contributed by atoms with E-state index in [2.05, 4.69) is 109 Å². The van der Waals surface area contributed by atoms with Crippen LogP contribution in [0.5, 0.6) is 0 Å². The van der Waals surface area contributed by atoms with Gasteiger partial charge in [-0.1, -0.05) is 120 Å². The van der Waals surface area contributed by atoms with E-state index >= 15 is 0 Å². The third-order valence-electron chi connectivity index (χ3n) is 6.28. The lowest BCUT2D eigenvalue weighted by molar-refractivity contribution is 1.26. The van der Waals surface area contributed by atoms with Gasteiger partial charge >= 0.3 is 0 Å². The molecule has 0 spiro atoms. The van der Waals surface area contributed by atoms with E-state index in [4.69, 9.17) is 0 Å². The smallest absolute Gasteiger partial charge is 0.0748 e. The Morgan fingerprint density at radius 2 is 0.903 bits per heavy atom. The molecular weight excluding hydrogens is 388 g/mol. The van der Waals surface area contributed by atoms with Crippen molar-refractivity contribution in [3.63, 3.8) is 0 Å². The van der Waals surface area contributed by atoms with Gasteiger partial charge in [0.25, 0.3) is 0 Å². The van der Waals surface area contributed by atoms with Gasteiger partial charge in [-0.15, -0.1) is 0 Å². The number of benzene rings is 4. The van der Waals surface area contributed by atoms with Crippen LogP contribution in [0.2, 0.25) is 0 Å². The maximum absolute atomic E-state index is 2.46. The van der Waals surface area contributed by atoms with Crippen LogP contribution in [-0.4, -0.2) is 9.52 Å². The number of fused-ring (bicyclic) bond motifs is 2. The molecule has 146 valence electrons. The van der Waals surface area contributed by atoms with E-state index in [1.807, 2.05) is 0 Å². The molecule has 6 rings (SSSR count). The fraction of sp³-hybridized carbons (Fsp3) is 0.0667.